The van der Waals surface area contributed by atoms with Gasteiger partial charge in [0.05, 0.1) is 5.75 Å². The van der Waals surface area contributed by atoms with Crippen LogP contribution in [0.25, 0.3) is 0 Å². The van der Waals surface area contributed by atoms with Crippen molar-refractivity contribution in [1.29, 1.82) is 0 Å². The summed E-state index contributed by atoms with van der Waals surface area (Å²) >= 11 is 1.21. The fraction of sp³-hybridized carbons (Fsp3) is 0.600. The molecule has 1 fully saturated rings. The molecule has 0 aliphatic carbocycles. The fourth-order valence-corrected chi connectivity index (χ4v) is 1.63. The molecule has 0 unspecified atom stereocenters. The average Bonchev–Trinajstić information content (AvgIpc) is 2.14. The number of Topliss-reactive ketones (excluding diaryl/α,β-unsaturated/α-hetero) is 1. The summed E-state index contributed by atoms with van der Waals surface area (Å²) < 4.78 is 0. The molecule has 1 heterocycles. The van der Waals surface area contributed by atoms with E-state index >= 15 is 0 Å². The molecule has 0 spiro atoms. The van der Waals surface area contributed by atoms with E-state index in [2.05, 4.69) is 0 Å². The molecule has 1 atom stereocenters. The molecule has 1 N–H and O–H groups in total. The molecule has 3 nitrogen and oxygen atoms in total. The summed E-state index contributed by atoms with van der Waals surface area (Å²) in [6.07, 6.45) is 0.208. The van der Waals surface area contributed by atoms with E-state index < -0.39 is 11.2 Å². The van der Waals surface area contributed by atoms with Crippen LogP contribution in [0.3, 0.4) is 0 Å². The molecular formula is C5H6O3S. The van der Waals surface area contributed by atoms with Gasteiger partial charge in [-0.3, -0.25) is 9.59 Å². The van der Waals surface area contributed by atoms with E-state index in [1.165, 1.54) is 11.8 Å². The van der Waals surface area contributed by atoms with Gasteiger partial charge in [-0.05, 0) is 0 Å². The van der Waals surface area contributed by atoms with Gasteiger partial charge in [0, 0.05) is 6.42 Å². The molecule has 9 heavy (non-hydrogen) atoms. The Morgan fingerprint density at radius 2 is 2.44 bits per heavy atom. The molecule has 0 aromatic rings. The Morgan fingerprint density at radius 3 is 2.67 bits per heavy atom. The lowest BCUT2D eigenvalue weighted by atomic mass is 10.2. The van der Waals surface area contributed by atoms with Gasteiger partial charge in [0.1, 0.15) is 11.0 Å². The minimum absolute atomic E-state index is 0.0485. The highest BCUT2D eigenvalue weighted by Gasteiger charge is 2.28. The van der Waals surface area contributed by atoms with Crippen molar-refractivity contribution in [3.05, 3.63) is 0 Å². The highest BCUT2D eigenvalue weighted by Crippen LogP contribution is 2.23. The highest BCUT2D eigenvalue weighted by atomic mass is 32.2. The molecule has 1 rings (SSSR count). The minimum atomic E-state index is -0.870. The molecule has 0 radical (unpaired) electrons. The first-order valence-electron chi connectivity index (χ1n) is 2.56. The Bertz CT molecular complexity index is 154. The maximum Gasteiger partial charge on any atom is 0.317 e. The van der Waals surface area contributed by atoms with Crippen LogP contribution in [0.4, 0.5) is 0 Å². The van der Waals surface area contributed by atoms with E-state index in [0.717, 1.165) is 0 Å². The van der Waals surface area contributed by atoms with Gasteiger partial charge in [0.25, 0.3) is 0 Å². The smallest absolute Gasteiger partial charge is 0.317 e. The average molecular weight is 146 g/mol. The normalized spacial score (nSPS) is 26.7. The van der Waals surface area contributed by atoms with Crippen LogP contribution in [0.15, 0.2) is 0 Å². The van der Waals surface area contributed by atoms with E-state index in [-0.39, 0.29) is 12.2 Å². The van der Waals surface area contributed by atoms with Crippen molar-refractivity contribution < 1.29 is 14.7 Å². The zero-order chi connectivity index (χ0) is 6.85. The third-order valence-electron chi connectivity index (χ3n) is 1.13. The summed E-state index contributed by atoms with van der Waals surface area (Å²) in [5.74, 6) is -0.449. The lowest BCUT2D eigenvalue weighted by Gasteiger charge is -1.95. The first kappa shape index (κ1) is 6.61. The molecule has 1 aliphatic rings. The summed E-state index contributed by atoms with van der Waals surface area (Å²) in [7, 11) is 0. The first-order chi connectivity index (χ1) is 4.20. The molecule has 0 bridgehead atoms. The van der Waals surface area contributed by atoms with Gasteiger partial charge >= 0.3 is 5.97 Å². The van der Waals surface area contributed by atoms with E-state index in [1.807, 2.05) is 0 Å². The van der Waals surface area contributed by atoms with Gasteiger partial charge in [0.15, 0.2) is 0 Å². The number of thioether (sulfide) groups is 1. The number of hydrogen-bond acceptors (Lipinski definition) is 3. The van der Waals surface area contributed by atoms with Crippen molar-refractivity contribution in [2.24, 2.45) is 0 Å². The molecule has 0 aromatic heterocycles. The van der Waals surface area contributed by atoms with Crippen LogP contribution in [0, 0.1) is 0 Å². The second-order valence-corrected chi connectivity index (χ2v) is 3.07. The number of rotatable bonds is 1. The molecule has 4 heteroatoms. The van der Waals surface area contributed by atoms with E-state index in [0.29, 0.717) is 5.75 Å². The Hall–Kier alpha value is -0.510. The number of carbonyl (C=O) groups is 2. The summed E-state index contributed by atoms with van der Waals surface area (Å²) in [4.78, 5) is 20.6. The predicted octanol–water partition coefficient (Wildman–Crippen LogP) is 0.146. The van der Waals surface area contributed by atoms with E-state index in [4.69, 9.17) is 5.11 Å². The van der Waals surface area contributed by atoms with E-state index in [1.54, 1.807) is 0 Å². The molecule has 0 saturated carbocycles. The Kier molecular flexibility index (Phi) is 1.75. The highest BCUT2D eigenvalue weighted by molar-refractivity contribution is 8.01. The van der Waals surface area contributed by atoms with Crippen LogP contribution in [0.1, 0.15) is 6.42 Å². The topological polar surface area (TPSA) is 54.4 Å². The van der Waals surface area contributed by atoms with Gasteiger partial charge in [-0.1, -0.05) is 0 Å². The summed E-state index contributed by atoms with van der Waals surface area (Å²) in [6, 6.07) is 0. The van der Waals surface area contributed by atoms with Crippen LogP contribution in [-0.4, -0.2) is 27.9 Å². The molecule has 1 saturated heterocycles. The minimum Gasteiger partial charge on any atom is -0.480 e. The standard InChI is InChI=1S/C5H6O3S/c6-3-1-4(5(7)8)9-2-3/h4H,1-2H2,(H,7,8)/t4-/m1/s1. The predicted molar refractivity (Wildman–Crippen MR) is 33.5 cm³/mol. The van der Waals surface area contributed by atoms with Gasteiger partial charge in [-0.25, -0.2) is 0 Å². The first-order valence-corrected chi connectivity index (χ1v) is 3.61. The number of carboxylic acid groups (broad SMARTS) is 1. The quantitative estimate of drug-likeness (QED) is 0.572. The lowest BCUT2D eigenvalue weighted by molar-refractivity contribution is -0.137. The zero-order valence-corrected chi connectivity index (χ0v) is 5.48. The lowest BCUT2D eigenvalue weighted by Crippen LogP contribution is -2.13. The van der Waals surface area contributed by atoms with Crippen molar-refractivity contribution in [2.45, 2.75) is 11.7 Å². The summed E-state index contributed by atoms with van der Waals surface area (Å²) in [6.45, 7) is 0. The second kappa shape index (κ2) is 2.39. The number of aliphatic carboxylic acids is 1. The molecular weight excluding hydrogens is 140 g/mol. The van der Waals surface area contributed by atoms with Crippen LogP contribution in [0.2, 0.25) is 0 Å². The van der Waals surface area contributed by atoms with Crippen molar-refractivity contribution in [3.8, 4) is 0 Å². The van der Waals surface area contributed by atoms with Gasteiger partial charge in [0.2, 0.25) is 0 Å². The van der Waals surface area contributed by atoms with Crippen LogP contribution in [-0.2, 0) is 9.59 Å². The Balaban J connectivity index is 2.48. The molecule has 0 amide bonds. The van der Waals surface area contributed by atoms with Crippen LogP contribution >= 0.6 is 11.8 Å². The van der Waals surface area contributed by atoms with Crippen molar-refractivity contribution in [3.63, 3.8) is 0 Å². The molecule has 1 aliphatic heterocycles. The monoisotopic (exact) mass is 146 g/mol. The molecule has 50 valence electrons. The van der Waals surface area contributed by atoms with E-state index in [9.17, 15) is 9.59 Å². The summed E-state index contributed by atoms with van der Waals surface area (Å²) in [5, 5.41) is 7.88. The fourth-order valence-electron chi connectivity index (χ4n) is 0.677. The van der Waals surface area contributed by atoms with Gasteiger partial charge in [-0.15, -0.1) is 11.8 Å². The largest absolute Gasteiger partial charge is 0.480 e. The molecule has 0 aromatic carbocycles. The van der Waals surface area contributed by atoms with Crippen molar-refractivity contribution in [2.75, 3.05) is 5.75 Å². The van der Waals surface area contributed by atoms with Crippen LogP contribution < -0.4 is 0 Å². The number of ketones is 1. The second-order valence-electron chi connectivity index (χ2n) is 1.88. The number of carbonyl (C=O) groups excluding carboxylic acids is 1. The Labute approximate surface area is 56.4 Å². The van der Waals surface area contributed by atoms with Crippen LogP contribution in [0.5, 0.6) is 0 Å². The third-order valence-corrected chi connectivity index (χ3v) is 2.39. The van der Waals surface area contributed by atoms with Crippen molar-refractivity contribution in [1.82, 2.24) is 0 Å². The third kappa shape index (κ3) is 1.45. The van der Waals surface area contributed by atoms with Gasteiger partial charge in [-0.2, -0.15) is 0 Å². The Morgan fingerprint density at radius 1 is 1.78 bits per heavy atom. The maximum atomic E-state index is 10.5. The number of hydrogen-bond donors (Lipinski definition) is 1. The van der Waals surface area contributed by atoms with Crippen molar-refractivity contribution >= 4 is 23.5 Å². The maximum absolute atomic E-state index is 10.5. The van der Waals surface area contributed by atoms with Gasteiger partial charge < -0.3 is 5.11 Å². The number of carboxylic acids is 1. The zero-order valence-electron chi connectivity index (χ0n) is 4.66. The summed E-state index contributed by atoms with van der Waals surface area (Å²) in [5.41, 5.74) is 0. The SMILES string of the molecule is O=C1CS[C@@H](C(=O)O)C1.